The summed E-state index contributed by atoms with van der Waals surface area (Å²) in [5, 5.41) is 0. The Morgan fingerprint density at radius 2 is 1.70 bits per heavy atom. The fourth-order valence-corrected chi connectivity index (χ4v) is 7.51. The van der Waals surface area contributed by atoms with Crippen molar-refractivity contribution >= 4 is 11.6 Å². The summed E-state index contributed by atoms with van der Waals surface area (Å²) in [7, 11) is 0. The largest absolute Gasteiger partial charge is 0.300 e. The Balaban J connectivity index is 1.57. The molecule has 2 nitrogen and oxygen atoms in total. The first kappa shape index (κ1) is 15.8. The highest BCUT2D eigenvalue weighted by molar-refractivity contribution is 5.79. The van der Waals surface area contributed by atoms with Gasteiger partial charge in [-0.1, -0.05) is 6.92 Å². The van der Waals surface area contributed by atoms with Gasteiger partial charge in [-0.3, -0.25) is 9.59 Å². The van der Waals surface area contributed by atoms with Crippen LogP contribution in [0.2, 0.25) is 0 Å². The lowest BCUT2D eigenvalue weighted by molar-refractivity contribution is -0.128. The smallest absolute Gasteiger partial charge is 0.133 e. The van der Waals surface area contributed by atoms with E-state index in [9.17, 15) is 9.59 Å². The zero-order valence-electron chi connectivity index (χ0n) is 14.9. The number of rotatable bonds is 1. The van der Waals surface area contributed by atoms with Gasteiger partial charge in [-0.05, 0) is 93.3 Å². The predicted octanol–water partition coefficient (Wildman–Crippen LogP) is 4.80. The van der Waals surface area contributed by atoms with E-state index in [-0.39, 0.29) is 5.41 Å². The van der Waals surface area contributed by atoms with Crippen LogP contribution in [0.25, 0.3) is 0 Å². The Hall–Kier alpha value is -0.660. The average Bonchev–Trinajstić information content (AvgIpc) is 2.76. The molecule has 4 rings (SSSR count). The summed E-state index contributed by atoms with van der Waals surface area (Å²) < 4.78 is 0. The molecular weight excluding hydrogens is 284 g/mol. The van der Waals surface area contributed by atoms with Crippen LogP contribution in [0.3, 0.4) is 0 Å². The highest BCUT2D eigenvalue weighted by Gasteiger charge is 2.57. The molecule has 23 heavy (non-hydrogen) atoms. The highest BCUT2D eigenvalue weighted by Crippen LogP contribution is 2.63. The molecule has 0 unspecified atom stereocenters. The summed E-state index contributed by atoms with van der Waals surface area (Å²) >= 11 is 0. The van der Waals surface area contributed by atoms with Crippen LogP contribution >= 0.6 is 0 Å². The molecule has 2 heteroatoms. The molecule has 0 amide bonds. The number of ketones is 2. The number of fused-ring (bicyclic) bond motifs is 5. The molecule has 0 aromatic carbocycles. The van der Waals surface area contributed by atoms with Crippen molar-refractivity contribution in [3.8, 4) is 0 Å². The van der Waals surface area contributed by atoms with Crippen LogP contribution in [-0.2, 0) is 9.59 Å². The molecule has 4 aliphatic rings. The fraction of sp³-hybridized carbons (Fsp3) is 0.905. The van der Waals surface area contributed by atoms with Crippen molar-refractivity contribution in [2.45, 2.75) is 78.1 Å². The van der Waals surface area contributed by atoms with E-state index in [1.54, 1.807) is 0 Å². The minimum Gasteiger partial charge on any atom is -0.300 e. The van der Waals surface area contributed by atoms with E-state index in [4.69, 9.17) is 0 Å². The van der Waals surface area contributed by atoms with Gasteiger partial charge < -0.3 is 0 Å². The molecule has 7 atom stereocenters. The normalized spacial score (nSPS) is 49.7. The van der Waals surface area contributed by atoms with Crippen molar-refractivity contribution in [3.05, 3.63) is 0 Å². The topological polar surface area (TPSA) is 34.1 Å². The van der Waals surface area contributed by atoms with Crippen LogP contribution < -0.4 is 0 Å². The first-order valence-electron chi connectivity index (χ1n) is 10.0. The lowest BCUT2D eigenvalue weighted by atomic mass is 9.50. The summed E-state index contributed by atoms with van der Waals surface area (Å²) in [4.78, 5) is 24.0. The number of hydrogen-bond donors (Lipinski definition) is 0. The van der Waals surface area contributed by atoms with Gasteiger partial charge >= 0.3 is 0 Å². The monoisotopic (exact) mass is 316 g/mol. The third-order valence-electron chi connectivity index (χ3n) is 8.56. The number of carbonyl (C=O) groups is 2. The maximum Gasteiger partial charge on any atom is 0.133 e. The summed E-state index contributed by atoms with van der Waals surface area (Å²) in [6.07, 6.45) is 11.7. The van der Waals surface area contributed by atoms with E-state index in [0.29, 0.717) is 17.5 Å². The van der Waals surface area contributed by atoms with E-state index < -0.39 is 0 Å². The van der Waals surface area contributed by atoms with Gasteiger partial charge in [0, 0.05) is 18.8 Å². The zero-order valence-corrected chi connectivity index (χ0v) is 14.9. The van der Waals surface area contributed by atoms with Gasteiger partial charge in [0.1, 0.15) is 11.6 Å². The lowest BCUT2D eigenvalue weighted by Crippen LogP contribution is -2.48. The molecule has 0 aliphatic heterocycles. The average molecular weight is 316 g/mol. The summed E-state index contributed by atoms with van der Waals surface area (Å²) in [5.74, 6) is 5.35. The van der Waals surface area contributed by atoms with Crippen molar-refractivity contribution in [2.75, 3.05) is 0 Å². The first-order chi connectivity index (χ1) is 11.0. The molecule has 0 saturated heterocycles. The Morgan fingerprint density at radius 1 is 0.913 bits per heavy atom. The molecule has 4 saturated carbocycles. The lowest BCUT2D eigenvalue weighted by Gasteiger charge is -2.54. The van der Waals surface area contributed by atoms with Gasteiger partial charge in [-0.2, -0.15) is 0 Å². The second-order valence-corrected chi connectivity index (χ2v) is 9.34. The van der Waals surface area contributed by atoms with Crippen LogP contribution in [0.15, 0.2) is 0 Å². The molecule has 0 bridgehead atoms. The Morgan fingerprint density at radius 3 is 2.48 bits per heavy atom. The molecule has 4 fully saturated rings. The highest BCUT2D eigenvalue weighted by atomic mass is 16.1. The van der Waals surface area contributed by atoms with Crippen LogP contribution in [-0.4, -0.2) is 11.6 Å². The number of carbonyl (C=O) groups excluding carboxylic acids is 2. The standard InChI is InChI=1S/C21H32O2/c1-13(22)19-9-10-20-18-7-4-14-3-5-15(23)6-8-16(14)17(18)11-12-21(19,20)2/h14,16-20H,3-12H2,1-2H3/t14-,16-,17+,18+,19+,20-,21+/m0/s1. The van der Waals surface area contributed by atoms with Gasteiger partial charge in [0.25, 0.3) is 0 Å². The first-order valence-corrected chi connectivity index (χ1v) is 10.0. The fourth-order valence-electron chi connectivity index (χ4n) is 7.51. The van der Waals surface area contributed by atoms with E-state index >= 15 is 0 Å². The number of hydrogen-bond acceptors (Lipinski definition) is 2. The van der Waals surface area contributed by atoms with Gasteiger partial charge in [0.05, 0.1) is 0 Å². The van der Waals surface area contributed by atoms with E-state index in [0.717, 1.165) is 61.7 Å². The summed E-state index contributed by atoms with van der Waals surface area (Å²) in [6.45, 7) is 4.24. The molecule has 0 aromatic heterocycles. The van der Waals surface area contributed by atoms with Gasteiger partial charge in [-0.15, -0.1) is 0 Å². The zero-order chi connectivity index (χ0) is 16.2. The van der Waals surface area contributed by atoms with Gasteiger partial charge in [0.2, 0.25) is 0 Å². The number of Topliss-reactive ketones (excluding diaryl/α,β-unsaturated/α-hetero) is 2. The van der Waals surface area contributed by atoms with E-state index in [1.807, 2.05) is 6.92 Å². The predicted molar refractivity (Wildman–Crippen MR) is 90.9 cm³/mol. The van der Waals surface area contributed by atoms with Crippen molar-refractivity contribution < 1.29 is 9.59 Å². The molecule has 0 spiro atoms. The third-order valence-corrected chi connectivity index (χ3v) is 8.56. The van der Waals surface area contributed by atoms with Gasteiger partial charge in [0.15, 0.2) is 0 Å². The Bertz CT molecular complexity index is 510. The SMILES string of the molecule is CC(=O)[C@H]1CC[C@H]2[C@@H]3CC[C@@H]4CCC(=O)CC[C@@H]4[C@H]3CC[C@]12C. The molecule has 0 heterocycles. The summed E-state index contributed by atoms with van der Waals surface area (Å²) in [6, 6.07) is 0. The molecular formula is C21H32O2. The van der Waals surface area contributed by atoms with Crippen LogP contribution in [0.1, 0.15) is 78.1 Å². The molecule has 128 valence electrons. The van der Waals surface area contributed by atoms with Crippen molar-refractivity contribution in [1.29, 1.82) is 0 Å². The quantitative estimate of drug-likeness (QED) is 0.696. The van der Waals surface area contributed by atoms with Crippen LogP contribution in [0, 0.1) is 40.9 Å². The van der Waals surface area contributed by atoms with Crippen molar-refractivity contribution in [2.24, 2.45) is 40.9 Å². The van der Waals surface area contributed by atoms with E-state index in [1.165, 1.54) is 32.1 Å². The Labute approximate surface area is 140 Å². The second-order valence-electron chi connectivity index (χ2n) is 9.34. The van der Waals surface area contributed by atoms with Crippen LogP contribution in [0.5, 0.6) is 0 Å². The second kappa shape index (κ2) is 5.70. The van der Waals surface area contributed by atoms with E-state index in [2.05, 4.69) is 6.92 Å². The molecule has 0 radical (unpaired) electrons. The minimum atomic E-state index is 0.278. The van der Waals surface area contributed by atoms with Crippen molar-refractivity contribution in [1.82, 2.24) is 0 Å². The Kier molecular flexibility index (Phi) is 3.93. The summed E-state index contributed by atoms with van der Waals surface area (Å²) in [5.41, 5.74) is 0.278. The molecule has 4 aliphatic carbocycles. The van der Waals surface area contributed by atoms with Crippen LogP contribution in [0.4, 0.5) is 0 Å². The third kappa shape index (κ3) is 2.43. The maximum absolute atomic E-state index is 12.1. The molecule has 0 aromatic rings. The minimum absolute atomic E-state index is 0.278. The van der Waals surface area contributed by atoms with Gasteiger partial charge in [-0.25, -0.2) is 0 Å². The molecule has 0 N–H and O–H groups in total. The maximum atomic E-state index is 12.1. The van der Waals surface area contributed by atoms with Crippen molar-refractivity contribution in [3.63, 3.8) is 0 Å².